The SMILES string of the molecule is CCONCc1ccc(O)c2c1C[C@H]1C[C@H]3[C@@H](N(C)C)C(=O)C(C(N)=O)C(=O)[C@@]3(O)C(=O)C1C2=O. The Labute approximate surface area is 201 Å². The van der Waals surface area contributed by atoms with Gasteiger partial charge in [0.15, 0.2) is 34.7 Å². The van der Waals surface area contributed by atoms with E-state index in [-0.39, 0.29) is 30.7 Å². The number of benzene rings is 1. The van der Waals surface area contributed by atoms with E-state index >= 15 is 0 Å². The zero-order chi connectivity index (χ0) is 25.8. The average Bonchev–Trinajstić information content (AvgIpc) is 2.77. The van der Waals surface area contributed by atoms with Crippen LogP contribution in [0.5, 0.6) is 5.75 Å². The van der Waals surface area contributed by atoms with E-state index in [1.807, 2.05) is 0 Å². The molecular weight excluding hydrogens is 458 g/mol. The van der Waals surface area contributed by atoms with Crippen molar-refractivity contribution in [3.63, 3.8) is 0 Å². The number of carbonyl (C=O) groups is 5. The van der Waals surface area contributed by atoms with Gasteiger partial charge in [0.25, 0.3) is 0 Å². The lowest BCUT2D eigenvalue weighted by atomic mass is 9.52. The number of likely N-dealkylation sites (N-methyl/N-ethyl adjacent to an activating group) is 1. The zero-order valence-corrected chi connectivity index (χ0v) is 19.7. The monoisotopic (exact) mass is 487 g/mol. The van der Waals surface area contributed by atoms with Gasteiger partial charge in [-0.15, -0.1) is 0 Å². The molecule has 1 aromatic carbocycles. The molecule has 6 atom stereocenters. The average molecular weight is 488 g/mol. The van der Waals surface area contributed by atoms with Gasteiger partial charge < -0.3 is 20.8 Å². The van der Waals surface area contributed by atoms with Crippen LogP contribution in [0, 0.1) is 23.7 Å². The third kappa shape index (κ3) is 3.61. The molecule has 0 radical (unpaired) electrons. The van der Waals surface area contributed by atoms with Crippen molar-refractivity contribution >= 4 is 29.0 Å². The van der Waals surface area contributed by atoms with Crippen molar-refractivity contribution < 1.29 is 39.0 Å². The van der Waals surface area contributed by atoms with Gasteiger partial charge in [0.1, 0.15) is 5.75 Å². The molecular formula is C24H29N3O8. The van der Waals surface area contributed by atoms with Crippen LogP contribution in [-0.4, -0.2) is 76.5 Å². The van der Waals surface area contributed by atoms with E-state index in [2.05, 4.69) is 5.48 Å². The van der Waals surface area contributed by atoms with Crippen molar-refractivity contribution in [3.8, 4) is 5.75 Å². The fourth-order valence-electron chi connectivity index (χ4n) is 6.07. The highest BCUT2D eigenvalue weighted by atomic mass is 16.6. The number of phenolic OH excluding ortho intramolecular Hbond substituents is 1. The van der Waals surface area contributed by atoms with Crippen LogP contribution in [0.4, 0.5) is 0 Å². The van der Waals surface area contributed by atoms with Crippen LogP contribution in [0.2, 0.25) is 0 Å². The molecule has 11 nitrogen and oxygen atoms in total. The van der Waals surface area contributed by atoms with Gasteiger partial charge in [-0.25, -0.2) is 0 Å². The largest absolute Gasteiger partial charge is 0.507 e. The van der Waals surface area contributed by atoms with E-state index in [1.165, 1.54) is 11.0 Å². The summed E-state index contributed by atoms with van der Waals surface area (Å²) >= 11 is 0. The smallest absolute Gasteiger partial charge is 0.235 e. The quantitative estimate of drug-likeness (QED) is 0.219. The number of carbonyl (C=O) groups excluding carboxylic acids is 5. The van der Waals surface area contributed by atoms with Crippen LogP contribution in [0.1, 0.15) is 34.8 Å². The molecule has 2 unspecified atom stereocenters. The van der Waals surface area contributed by atoms with Crippen LogP contribution in [-0.2, 0) is 37.0 Å². The summed E-state index contributed by atoms with van der Waals surface area (Å²) in [5.74, 6) is -10.5. The van der Waals surface area contributed by atoms with Gasteiger partial charge in [-0.2, -0.15) is 5.48 Å². The number of fused-ring (bicyclic) bond motifs is 3. The summed E-state index contributed by atoms with van der Waals surface area (Å²) in [5, 5.41) is 22.0. The number of ketones is 4. The molecule has 0 aromatic heterocycles. The summed E-state index contributed by atoms with van der Waals surface area (Å²) < 4.78 is 0. The minimum atomic E-state index is -2.72. The molecule has 3 aliphatic carbocycles. The lowest BCUT2D eigenvalue weighted by Gasteiger charge is -2.52. The number of amides is 1. The Bertz CT molecular complexity index is 1130. The number of phenols is 1. The highest BCUT2D eigenvalue weighted by Gasteiger charge is 2.69. The maximum atomic E-state index is 13.7. The second-order valence-electron chi connectivity index (χ2n) is 9.64. The number of nitrogens with two attached hydrogens (primary N) is 1. The van der Waals surface area contributed by atoms with Crippen molar-refractivity contribution in [1.29, 1.82) is 0 Å². The van der Waals surface area contributed by atoms with Crippen LogP contribution in [0.3, 0.4) is 0 Å². The molecule has 2 fully saturated rings. The lowest BCUT2D eigenvalue weighted by molar-refractivity contribution is -0.181. The van der Waals surface area contributed by atoms with Gasteiger partial charge >= 0.3 is 0 Å². The molecule has 0 saturated heterocycles. The highest BCUT2D eigenvalue weighted by molar-refractivity contribution is 6.32. The van der Waals surface area contributed by atoms with Crippen molar-refractivity contribution in [1.82, 2.24) is 10.4 Å². The molecule has 4 rings (SSSR count). The summed E-state index contributed by atoms with van der Waals surface area (Å²) in [7, 11) is 3.09. The molecule has 5 N–H and O–H groups in total. The number of primary amides is 1. The molecule has 2 saturated carbocycles. The number of Topliss-reactive ketones (excluding diaryl/α,β-unsaturated/α-hetero) is 4. The van der Waals surface area contributed by atoms with Crippen molar-refractivity contribution in [2.45, 2.75) is 38.0 Å². The number of aromatic hydroxyl groups is 1. The highest BCUT2D eigenvalue weighted by Crippen LogP contribution is 2.50. The third-order valence-corrected chi connectivity index (χ3v) is 7.55. The standard InChI is InChI=1S/C24H29N3O8/c1-4-35-26-9-10-5-6-14(28)16-12(10)7-11-8-13-18(27(2)3)20(30)17(23(25)33)22(32)24(13,34)21(31)15(11)19(16)29/h5-6,11,13,15,17-18,26,28,34H,4,7-9H2,1-3H3,(H2,25,33)/t11-,13-,15?,17?,18+,24-/m0/s1. The summed E-state index contributed by atoms with van der Waals surface area (Å²) in [5.41, 5.74) is 6.57. The third-order valence-electron chi connectivity index (χ3n) is 7.55. The summed E-state index contributed by atoms with van der Waals surface area (Å²) in [6.45, 7) is 2.47. The van der Waals surface area contributed by atoms with Crippen LogP contribution < -0.4 is 11.2 Å². The molecule has 3 aliphatic rings. The lowest BCUT2D eigenvalue weighted by Crippen LogP contribution is -2.74. The maximum Gasteiger partial charge on any atom is 0.235 e. The number of aliphatic hydroxyl groups is 1. The Balaban J connectivity index is 1.81. The predicted octanol–water partition coefficient (Wildman–Crippen LogP) is -1.09. The van der Waals surface area contributed by atoms with E-state index in [0.29, 0.717) is 17.7 Å². The first-order valence-electron chi connectivity index (χ1n) is 11.5. The van der Waals surface area contributed by atoms with Crippen LogP contribution in [0.15, 0.2) is 12.1 Å². The number of hydrogen-bond acceptors (Lipinski definition) is 10. The zero-order valence-electron chi connectivity index (χ0n) is 19.7. The molecule has 0 heterocycles. The molecule has 188 valence electrons. The first-order chi connectivity index (χ1) is 16.5. The molecule has 1 aromatic rings. The Morgan fingerprint density at radius 2 is 1.91 bits per heavy atom. The van der Waals surface area contributed by atoms with Gasteiger partial charge in [0, 0.05) is 12.5 Å². The summed E-state index contributed by atoms with van der Waals surface area (Å²) in [6, 6.07) is 1.88. The van der Waals surface area contributed by atoms with E-state index in [0.717, 1.165) is 0 Å². The molecule has 11 heteroatoms. The second-order valence-corrected chi connectivity index (χ2v) is 9.64. The fourth-order valence-corrected chi connectivity index (χ4v) is 6.07. The van der Waals surface area contributed by atoms with E-state index in [1.54, 1.807) is 27.1 Å². The molecule has 1 amide bonds. The van der Waals surface area contributed by atoms with Crippen molar-refractivity contribution in [2.75, 3.05) is 20.7 Å². The first kappa shape index (κ1) is 25.1. The van der Waals surface area contributed by atoms with E-state index in [4.69, 9.17) is 10.6 Å². The normalized spacial score (nSPS) is 32.3. The topological polar surface area (TPSA) is 176 Å². The number of rotatable bonds is 6. The van der Waals surface area contributed by atoms with Crippen LogP contribution in [0.25, 0.3) is 0 Å². The number of nitrogens with zero attached hydrogens (tertiary/aromatic N) is 1. The minimum absolute atomic E-state index is 0.0118. The van der Waals surface area contributed by atoms with Crippen molar-refractivity contribution in [2.24, 2.45) is 29.4 Å². The summed E-state index contributed by atoms with van der Waals surface area (Å²) in [4.78, 5) is 72.2. The second kappa shape index (κ2) is 8.90. The minimum Gasteiger partial charge on any atom is -0.507 e. The Hall–Kier alpha value is -2.99. The molecule has 35 heavy (non-hydrogen) atoms. The number of hydroxylamine groups is 1. The molecule has 0 bridgehead atoms. The Kier molecular flexibility index (Phi) is 6.39. The van der Waals surface area contributed by atoms with Gasteiger partial charge in [-0.05, 0) is 57.0 Å². The molecule has 0 aliphatic heterocycles. The Morgan fingerprint density at radius 3 is 2.51 bits per heavy atom. The number of nitrogens with one attached hydrogen (secondary N) is 1. The molecule has 0 spiro atoms. The van der Waals surface area contributed by atoms with Gasteiger partial charge in [-0.3, -0.25) is 28.9 Å². The first-order valence-corrected chi connectivity index (χ1v) is 11.5. The van der Waals surface area contributed by atoms with Gasteiger partial charge in [0.2, 0.25) is 5.91 Å². The Morgan fingerprint density at radius 1 is 1.23 bits per heavy atom. The van der Waals surface area contributed by atoms with E-state index in [9.17, 15) is 34.2 Å². The van der Waals surface area contributed by atoms with Crippen LogP contribution >= 0.6 is 0 Å². The summed E-state index contributed by atoms with van der Waals surface area (Å²) in [6.07, 6.45) is 0.223. The van der Waals surface area contributed by atoms with E-state index < -0.39 is 64.4 Å². The van der Waals surface area contributed by atoms with Crippen molar-refractivity contribution in [3.05, 3.63) is 28.8 Å². The van der Waals surface area contributed by atoms with Gasteiger partial charge in [0.05, 0.1) is 24.1 Å². The predicted molar refractivity (Wildman–Crippen MR) is 120 cm³/mol. The van der Waals surface area contributed by atoms with Gasteiger partial charge in [-0.1, -0.05) is 6.07 Å². The maximum absolute atomic E-state index is 13.7. The number of hydrogen-bond donors (Lipinski definition) is 4. The fraction of sp³-hybridized carbons (Fsp3) is 0.542.